The van der Waals surface area contributed by atoms with Crippen LogP contribution in [0.3, 0.4) is 0 Å². The van der Waals surface area contributed by atoms with Gasteiger partial charge in [-0.3, -0.25) is 4.79 Å². The van der Waals surface area contributed by atoms with Gasteiger partial charge in [0.1, 0.15) is 5.82 Å². The Hall–Kier alpha value is -1.47. The van der Waals surface area contributed by atoms with E-state index in [1.165, 1.54) is 10.4 Å². The first-order chi connectivity index (χ1) is 9.88. The number of hydrogen-bond donors (Lipinski definition) is 1. The Balaban J connectivity index is 1.93. The summed E-state index contributed by atoms with van der Waals surface area (Å²) in [6.45, 7) is 0.763. The van der Waals surface area contributed by atoms with Gasteiger partial charge in [0, 0.05) is 25.2 Å². The highest BCUT2D eigenvalue weighted by molar-refractivity contribution is 7.88. The van der Waals surface area contributed by atoms with E-state index in [1.807, 2.05) is 0 Å². The largest absolute Gasteiger partial charge is 0.352 e. The van der Waals surface area contributed by atoms with E-state index in [4.69, 9.17) is 0 Å². The van der Waals surface area contributed by atoms with Gasteiger partial charge in [0.15, 0.2) is 0 Å². The number of benzene rings is 1. The van der Waals surface area contributed by atoms with Crippen LogP contribution < -0.4 is 5.32 Å². The molecule has 1 aromatic carbocycles. The fourth-order valence-corrected chi connectivity index (χ4v) is 3.34. The third-order valence-corrected chi connectivity index (χ3v) is 4.90. The standard InChI is InChI=1S/C14H19FN2O3S/c1-21(19,20)17-8-4-6-12(10-17)14(18)16-9-11-5-2-3-7-13(11)15/h2-3,5,7,12H,4,6,8-10H2,1H3,(H,16,18)/t12-/m1/s1. The zero-order valence-corrected chi connectivity index (χ0v) is 12.7. The van der Waals surface area contributed by atoms with Crippen molar-refractivity contribution in [3.05, 3.63) is 35.6 Å². The molecule has 21 heavy (non-hydrogen) atoms. The predicted molar refractivity (Wildman–Crippen MR) is 77.4 cm³/mol. The molecule has 1 saturated heterocycles. The van der Waals surface area contributed by atoms with E-state index in [-0.39, 0.29) is 30.7 Å². The molecule has 1 atom stereocenters. The van der Waals surface area contributed by atoms with Crippen LogP contribution in [0.2, 0.25) is 0 Å². The van der Waals surface area contributed by atoms with Crippen LogP contribution >= 0.6 is 0 Å². The number of amides is 1. The Morgan fingerprint density at radius 1 is 1.43 bits per heavy atom. The van der Waals surface area contributed by atoms with Gasteiger partial charge in [-0.2, -0.15) is 0 Å². The Bertz CT molecular complexity index is 618. The van der Waals surface area contributed by atoms with Gasteiger partial charge in [-0.05, 0) is 18.9 Å². The molecule has 1 heterocycles. The summed E-state index contributed by atoms with van der Waals surface area (Å²) in [5.41, 5.74) is 0.418. The number of halogens is 1. The second kappa shape index (κ2) is 6.53. The van der Waals surface area contributed by atoms with Crippen LogP contribution in [-0.4, -0.2) is 38.0 Å². The SMILES string of the molecule is CS(=O)(=O)N1CCC[C@@H](C(=O)NCc2ccccc2F)C1. The molecule has 0 bridgehead atoms. The molecule has 1 aliphatic heterocycles. The quantitative estimate of drug-likeness (QED) is 0.905. The normalized spacial score (nSPS) is 20.2. The van der Waals surface area contributed by atoms with Crippen molar-refractivity contribution < 1.29 is 17.6 Å². The molecule has 0 saturated carbocycles. The minimum absolute atomic E-state index is 0.112. The topological polar surface area (TPSA) is 66.5 Å². The van der Waals surface area contributed by atoms with Crippen LogP contribution in [0.1, 0.15) is 18.4 Å². The molecule has 1 fully saturated rings. The summed E-state index contributed by atoms with van der Waals surface area (Å²) in [5.74, 6) is -0.967. The number of nitrogens with zero attached hydrogens (tertiary/aromatic N) is 1. The Morgan fingerprint density at radius 2 is 2.14 bits per heavy atom. The fourth-order valence-electron chi connectivity index (χ4n) is 2.43. The number of nitrogens with one attached hydrogen (secondary N) is 1. The fraction of sp³-hybridized carbons (Fsp3) is 0.500. The van der Waals surface area contributed by atoms with Crippen LogP contribution in [0, 0.1) is 11.7 Å². The zero-order valence-electron chi connectivity index (χ0n) is 11.9. The molecule has 1 amide bonds. The molecule has 1 aliphatic rings. The summed E-state index contributed by atoms with van der Waals surface area (Å²) >= 11 is 0. The summed E-state index contributed by atoms with van der Waals surface area (Å²) in [6.07, 6.45) is 2.45. The average Bonchev–Trinajstić information content (AvgIpc) is 2.45. The molecule has 7 heteroatoms. The van der Waals surface area contributed by atoms with Crippen molar-refractivity contribution in [1.29, 1.82) is 0 Å². The van der Waals surface area contributed by atoms with Gasteiger partial charge in [0.2, 0.25) is 15.9 Å². The summed E-state index contributed by atoms with van der Waals surface area (Å²) in [4.78, 5) is 12.1. The van der Waals surface area contributed by atoms with Crippen molar-refractivity contribution in [2.24, 2.45) is 5.92 Å². The first-order valence-electron chi connectivity index (χ1n) is 6.84. The van der Waals surface area contributed by atoms with Crippen molar-refractivity contribution >= 4 is 15.9 Å². The Kier molecular flexibility index (Phi) is 4.95. The predicted octanol–water partition coefficient (Wildman–Crippen LogP) is 1.11. The van der Waals surface area contributed by atoms with Crippen LogP contribution in [0.15, 0.2) is 24.3 Å². The van der Waals surface area contributed by atoms with Gasteiger partial charge in [-0.25, -0.2) is 17.1 Å². The van der Waals surface area contributed by atoms with E-state index in [0.717, 1.165) is 6.26 Å². The third-order valence-electron chi connectivity index (χ3n) is 3.63. The summed E-state index contributed by atoms with van der Waals surface area (Å²) in [6, 6.07) is 6.25. The highest BCUT2D eigenvalue weighted by Gasteiger charge is 2.29. The maximum atomic E-state index is 13.5. The number of carbonyl (C=O) groups excluding carboxylic acids is 1. The van der Waals surface area contributed by atoms with E-state index in [9.17, 15) is 17.6 Å². The highest BCUT2D eigenvalue weighted by atomic mass is 32.2. The molecular weight excluding hydrogens is 295 g/mol. The Labute approximate surface area is 124 Å². The first-order valence-corrected chi connectivity index (χ1v) is 8.69. The van der Waals surface area contributed by atoms with Gasteiger partial charge in [0.05, 0.1) is 12.2 Å². The molecule has 1 N–H and O–H groups in total. The molecule has 0 spiro atoms. The lowest BCUT2D eigenvalue weighted by molar-refractivity contribution is -0.126. The molecule has 0 radical (unpaired) electrons. The minimum atomic E-state index is -3.27. The van der Waals surface area contributed by atoms with Crippen molar-refractivity contribution in [2.75, 3.05) is 19.3 Å². The summed E-state index contributed by atoms with van der Waals surface area (Å²) in [7, 11) is -3.27. The average molecular weight is 314 g/mol. The van der Waals surface area contributed by atoms with Crippen molar-refractivity contribution in [3.63, 3.8) is 0 Å². The van der Waals surface area contributed by atoms with Crippen LogP contribution in [0.5, 0.6) is 0 Å². The van der Waals surface area contributed by atoms with Crippen LogP contribution in [-0.2, 0) is 21.4 Å². The van der Waals surface area contributed by atoms with E-state index in [2.05, 4.69) is 5.32 Å². The Morgan fingerprint density at radius 3 is 2.81 bits per heavy atom. The zero-order chi connectivity index (χ0) is 15.5. The summed E-state index contributed by atoms with van der Waals surface area (Å²) in [5, 5.41) is 2.68. The van der Waals surface area contributed by atoms with E-state index < -0.39 is 10.0 Å². The lowest BCUT2D eigenvalue weighted by Crippen LogP contribution is -2.44. The minimum Gasteiger partial charge on any atom is -0.352 e. The maximum absolute atomic E-state index is 13.5. The van der Waals surface area contributed by atoms with Crippen molar-refractivity contribution in [2.45, 2.75) is 19.4 Å². The number of rotatable bonds is 4. The molecule has 116 valence electrons. The second-order valence-electron chi connectivity index (χ2n) is 5.27. The lowest BCUT2D eigenvalue weighted by atomic mass is 9.98. The molecule has 5 nitrogen and oxygen atoms in total. The lowest BCUT2D eigenvalue weighted by Gasteiger charge is -2.30. The van der Waals surface area contributed by atoms with Gasteiger partial charge in [-0.1, -0.05) is 18.2 Å². The van der Waals surface area contributed by atoms with Gasteiger partial charge < -0.3 is 5.32 Å². The monoisotopic (exact) mass is 314 g/mol. The number of sulfonamides is 1. The molecule has 0 aromatic heterocycles. The van der Waals surface area contributed by atoms with E-state index in [0.29, 0.717) is 24.9 Å². The van der Waals surface area contributed by atoms with Gasteiger partial charge in [-0.15, -0.1) is 0 Å². The van der Waals surface area contributed by atoms with Crippen LogP contribution in [0.4, 0.5) is 4.39 Å². The van der Waals surface area contributed by atoms with E-state index in [1.54, 1.807) is 18.2 Å². The smallest absolute Gasteiger partial charge is 0.224 e. The summed E-state index contributed by atoms with van der Waals surface area (Å²) < 4.78 is 37.8. The number of piperidine rings is 1. The van der Waals surface area contributed by atoms with Gasteiger partial charge in [0.25, 0.3) is 0 Å². The number of carbonyl (C=O) groups is 1. The maximum Gasteiger partial charge on any atom is 0.224 e. The molecule has 2 rings (SSSR count). The van der Waals surface area contributed by atoms with Crippen molar-refractivity contribution in [3.8, 4) is 0 Å². The van der Waals surface area contributed by atoms with Crippen LogP contribution in [0.25, 0.3) is 0 Å². The third kappa shape index (κ3) is 4.25. The second-order valence-corrected chi connectivity index (χ2v) is 7.25. The van der Waals surface area contributed by atoms with Gasteiger partial charge >= 0.3 is 0 Å². The van der Waals surface area contributed by atoms with E-state index >= 15 is 0 Å². The highest BCUT2D eigenvalue weighted by Crippen LogP contribution is 2.19. The number of hydrogen-bond acceptors (Lipinski definition) is 3. The first kappa shape index (κ1) is 15.9. The van der Waals surface area contributed by atoms with Crippen molar-refractivity contribution in [1.82, 2.24) is 9.62 Å². The molecule has 0 aliphatic carbocycles. The molecular formula is C14H19FN2O3S. The molecule has 0 unspecified atom stereocenters. The molecule has 1 aromatic rings.